The van der Waals surface area contributed by atoms with E-state index in [-0.39, 0.29) is 0 Å². The summed E-state index contributed by atoms with van der Waals surface area (Å²) in [5, 5.41) is 12.6. The lowest BCUT2D eigenvalue weighted by molar-refractivity contribution is 0.0359. The molecule has 1 unspecified atom stereocenters. The van der Waals surface area contributed by atoms with Gasteiger partial charge in [-0.05, 0) is 35.7 Å². The highest BCUT2D eigenvalue weighted by Crippen LogP contribution is 2.21. The maximum absolute atomic E-state index is 5.62. The first-order valence-corrected chi connectivity index (χ1v) is 9.04. The highest BCUT2D eigenvalue weighted by Gasteiger charge is 2.25. The highest BCUT2D eigenvalue weighted by atomic mass is 16.7. The van der Waals surface area contributed by atoms with Gasteiger partial charge in [-0.1, -0.05) is 54.1 Å². The summed E-state index contributed by atoms with van der Waals surface area (Å²) in [6, 6.07) is 15.5. The number of nitrogens with zero attached hydrogens (tertiary/aromatic N) is 3. The molecular weight excluding hydrogens is 356 g/mol. The van der Waals surface area contributed by atoms with Gasteiger partial charge in [0.2, 0.25) is 5.90 Å². The molecule has 146 valence electrons. The van der Waals surface area contributed by atoms with E-state index in [4.69, 9.17) is 14.4 Å². The summed E-state index contributed by atoms with van der Waals surface area (Å²) in [5.41, 5.74) is 7.76. The van der Waals surface area contributed by atoms with Crippen molar-refractivity contribution in [3.8, 4) is 0 Å². The van der Waals surface area contributed by atoms with Crippen LogP contribution in [0.1, 0.15) is 35.2 Å². The fourth-order valence-electron chi connectivity index (χ4n) is 2.74. The minimum absolute atomic E-state index is 0.410. The van der Waals surface area contributed by atoms with Crippen molar-refractivity contribution in [1.82, 2.24) is 5.48 Å². The monoisotopic (exact) mass is 380 g/mol. The Morgan fingerprint density at radius 2 is 1.96 bits per heavy atom. The lowest BCUT2D eigenvalue weighted by atomic mass is 10.0. The van der Waals surface area contributed by atoms with Crippen LogP contribution in [0.5, 0.6) is 0 Å². The Labute approximate surface area is 164 Å². The van der Waals surface area contributed by atoms with Crippen molar-refractivity contribution in [1.29, 1.82) is 0 Å². The molecule has 0 radical (unpaired) electrons. The lowest BCUT2D eigenvalue weighted by Crippen LogP contribution is -2.33. The molecule has 7 nitrogen and oxygen atoms in total. The molecule has 0 fully saturated rings. The van der Waals surface area contributed by atoms with Gasteiger partial charge in [-0.15, -0.1) is 0 Å². The predicted octanol–water partition coefficient (Wildman–Crippen LogP) is 3.39. The molecule has 0 aliphatic carbocycles. The molecule has 1 atom stereocenters. The van der Waals surface area contributed by atoms with E-state index >= 15 is 0 Å². The van der Waals surface area contributed by atoms with Crippen LogP contribution in [0.3, 0.4) is 0 Å². The number of rotatable bonds is 7. The quantitative estimate of drug-likeness (QED) is 0.590. The molecule has 3 rings (SSSR count). The van der Waals surface area contributed by atoms with E-state index in [1.54, 1.807) is 13.3 Å². The zero-order valence-corrected chi connectivity index (χ0v) is 16.3. The number of hydrogen-bond acceptors (Lipinski definition) is 7. The zero-order chi connectivity index (χ0) is 19.8. The Hall–Kier alpha value is -3.03. The van der Waals surface area contributed by atoms with Crippen LogP contribution in [0.15, 0.2) is 63.9 Å². The topological polar surface area (TPSA) is 76.8 Å². The Morgan fingerprint density at radius 3 is 2.68 bits per heavy atom. The van der Waals surface area contributed by atoms with Crippen LogP contribution >= 0.6 is 0 Å². The fraction of sp³-hybridized carbons (Fsp3) is 0.286. The van der Waals surface area contributed by atoms with Crippen LogP contribution in [0, 0.1) is 6.92 Å². The smallest absolute Gasteiger partial charge is 0.250 e. The number of hydrogen-bond donors (Lipinski definition) is 1. The average molecular weight is 380 g/mol. The van der Waals surface area contributed by atoms with Gasteiger partial charge in [-0.2, -0.15) is 15.7 Å². The molecule has 1 heterocycles. The van der Waals surface area contributed by atoms with Crippen molar-refractivity contribution in [3.63, 3.8) is 0 Å². The standard InChI is InChI=1S/C21H24N4O3/c1-15-8-10-17(11-9-15)16(2)23-22-14-18-6-4-5-7-19(18)20(24-26-3)21-25-28-13-12-27-21/h4-11,14,20,24H,12-13H2,1-3H3. The Balaban J connectivity index is 1.84. The molecule has 0 saturated carbocycles. The van der Waals surface area contributed by atoms with E-state index < -0.39 is 6.04 Å². The summed E-state index contributed by atoms with van der Waals surface area (Å²) in [6.45, 7) is 4.86. The molecule has 0 bridgehead atoms. The van der Waals surface area contributed by atoms with Gasteiger partial charge in [0.05, 0.1) is 19.0 Å². The van der Waals surface area contributed by atoms with E-state index in [1.807, 2.05) is 43.3 Å². The fourth-order valence-corrected chi connectivity index (χ4v) is 2.74. The van der Waals surface area contributed by atoms with Gasteiger partial charge in [0.25, 0.3) is 0 Å². The first kappa shape index (κ1) is 19.7. The van der Waals surface area contributed by atoms with Crippen LogP contribution < -0.4 is 5.48 Å². The molecular formula is C21H24N4O3. The molecule has 2 aromatic rings. The molecule has 0 aromatic heterocycles. The average Bonchev–Trinajstić information content (AvgIpc) is 2.73. The third-order valence-corrected chi connectivity index (χ3v) is 4.24. The summed E-state index contributed by atoms with van der Waals surface area (Å²) in [7, 11) is 1.54. The number of benzene rings is 2. The zero-order valence-electron chi connectivity index (χ0n) is 16.3. The van der Waals surface area contributed by atoms with E-state index in [2.05, 4.69) is 39.9 Å². The predicted molar refractivity (Wildman–Crippen MR) is 110 cm³/mol. The van der Waals surface area contributed by atoms with E-state index in [1.165, 1.54) is 5.56 Å². The number of aryl methyl sites for hydroxylation is 1. The summed E-state index contributed by atoms with van der Waals surface area (Å²) in [4.78, 5) is 10.3. The summed E-state index contributed by atoms with van der Waals surface area (Å²) < 4.78 is 5.62. The van der Waals surface area contributed by atoms with Gasteiger partial charge in [0.15, 0.2) is 6.61 Å². The minimum atomic E-state index is -0.421. The highest BCUT2D eigenvalue weighted by molar-refractivity contribution is 5.99. The molecule has 1 aliphatic rings. The molecule has 2 aromatic carbocycles. The first-order chi connectivity index (χ1) is 13.7. The molecule has 0 spiro atoms. The molecule has 1 N–H and O–H groups in total. The van der Waals surface area contributed by atoms with Crippen LogP contribution in [0.25, 0.3) is 0 Å². The van der Waals surface area contributed by atoms with E-state index in [0.717, 1.165) is 22.4 Å². The van der Waals surface area contributed by atoms with E-state index in [0.29, 0.717) is 19.1 Å². The molecule has 0 saturated heterocycles. The van der Waals surface area contributed by atoms with Gasteiger partial charge in [-0.25, -0.2) is 0 Å². The van der Waals surface area contributed by atoms with Gasteiger partial charge in [0, 0.05) is 0 Å². The van der Waals surface area contributed by atoms with Gasteiger partial charge < -0.3 is 14.4 Å². The van der Waals surface area contributed by atoms with Crippen molar-refractivity contribution in [2.75, 3.05) is 20.3 Å². The van der Waals surface area contributed by atoms with Crippen molar-refractivity contribution >= 4 is 17.8 Å². The van der Waals surface area contributed by atoms with Crippen molar-refractivity contribution in [2.24, 2.45) is 15.4 Å². The van der Waals surface area contributed by atoms with Crippen molar-refractivity contribution < 1.29 is 14.4 Å². The van der Waals surface area contributed by atoms with Gasteiger partial charge in [0.1, 0.15) is 12.6 Å². The Bertz CT molecular complexity index is 875. The number of ether oxygens (including phenoxy) is 1. The summed E-state index contributed by atoms with van der Waals surface area (Å²) in [5.74, 6) is 0.410. The normalized spacial score (nSPS) is 15.7. The largest absolute Gasteiger partial charge is 0.473 e. The van der Waals surface area contributed by atoms with Crippen LogP contribution in [0.4, 0.5) is 0 Å². The van der Waals surface area contributed by atoms with Crippen LogP contribution in [-0.4, -0.2) is 38.1 Å². The maximum atomic E-state index is 5.62. The van der Waals surface area contributed by atoms with Gasteiger partial charge >= 0.3 is 0 Å². The SMILES string of the molecule is CONC(C1=NOCCO1)c1ccccc1C=NN=C(C)c1ccc(C)cc1. The first-order valence-electron chi connectivity index (χ1n) is 9.04. The van der Waals surface area contributed by atoms with Gasteiger partial charge in [-0.3, -0.25) is 0 Å². The lowest BCUT2D eigenvalue weighted by Gasteiger charge is -2.23. The van der Waals surface area contributed by atoms with Crippen molar-refractivity contribution in [3.05, 3.63) is 70.8 Å². The Kier molecular flexibility index (Phi) is 6.89. The minimum Gasteiger partial charge on any atom is -0.473 e. The summed E-state index contributed by atoms with van der Waals surface area (Å²) >= 11 is 0. The second-order valence-electron chi connectivity index (χ2n) is 6.29. The Morgan fingerprint density at radius 1 is 1.18 bits per heavy atom. The van der Waals surface area contributed by atoms with Crippen LogP contribution in [0.2, 0.25) is 0 Å². The van der Waals surface area contributed by atoms with Crippen molar-refractivity contribution in [2.45, 2.75) is 19.9 Å². The maximum Gasteiger partial charge on any atom is 0.250 e. The number of nitrogens with one attached hydrogen (secondary N) is 1. The number of hydroxylamine groups is 1. The van der Waals surface area contributed by atoms with E-state index in [9.17, 15) is 0 Å². The molecule has 28 heavy (non-hydrogen) atoms. The molecule has 7 heteroatoms. The van der Waals surface area contributed by atoms with Crippen LogP contribution in [-0.2, 0) is 14.4 Å². The number of oxime groups is 1. The third-order valence-electron chi connectivity index (χ3n) is 4.24. The molecule has 0 amide bonds. The summed E-state index contributed by atoms with van der Waals surface area (Å²) in [6.07, 6.45) is 1.71. The second-order valence-corrected chi connectivity index (χ2v) is 6.29. The third kappa shape index (κ3) is 5.03. The second kappa shape index (κ2) is 9.77. The molecule has 1 aliphatic heterocycles.